The maximum absolute atomic E-state index is 8.89. The Kier molecular flexibility index (Phi) is 3.40. The lowest BCUT2D eigenvalue weighted by Gasteiger charge is -1.98. The molecule has 0 aliphatic rings. The third-order valence-corrected chi connectivity index (χ3v) is 3.18. The average molecular weight is 275 g/mol. The molecule has 2 aromatic carbocycles. The van der Waals surface area contributed by atoms with Crippen molar-refractivity contribution in [2.24, 2.45) is 0 Å². The molecule has 0 aliphatic heterocycles. The van der Waals surface area contributed by atoms with Crippen molar-refractivity contribution in [3.05, 3.63) is 59.4 Å². The number of aromatic nitrogens is 2. The number of rotatable bonds is 3. The quantitative estimate of drug-likeness (QED) is 0.794. The standard InChI is InChI=1S/C17H13N3O/c1-21-14-6-2-12(3-7-14)5-9-17-19-15-8-4-13(11-18)10-16(15)20-17/h2-10H,1H3,(H,19,20). The van der Waals surface area contributed by atoms with E-state index in [2.05, 4.69) is 16.0 Å². The van der Waals surface area contributed by atoms with Crippen LogP contribution in [0, 0.1) is 11.3 Å². The molecule has 102 valence electrons. The molecule has 0 unspecified atom stereocenters. The summed E-state index contributed by atoms with van der Waals surface area (Å²) in [7, 11) is 1.65. The second-order valence-corrected chi connectivity index (χ2v) is 4.57. The number of hydrogen-bond donors (Lipinski definition) is 1. The lowest BCUT2D eigenvalue weighted by atomic mass is 10.2. The van der Waals surface area contributed by atoms with Crippen molar-refractivity contribution in [2.75, 3.05) is 7.11 Å². The predicted molar refractivity (Wildman–Crippen MR) is 82.7 cm³/mol. The summed E-state index contributed by atoms with van der Waals surface area (Å²) in [5.41, 5.74) is 3.40. The van der Waals surface area contributed by atoms with Gasteiger partial charge in [0.1, 0.15) is 11.6 Å². The van der Waals surface area contributed by atoms with Crippen LogP contribution in [0.5, 0.6) is 5.75 Å². The first-order chi connectivity index (χ1) is 10.3. The highest BCUT2D eigenvalue weighted by atomic mass is 16.5. The number of methoxy groups -OCH3 is 1. The van der Waals surface area contributed by atoms with Gasteiger partial charge in [0.05, 0.1) is 29.8 Å². The zero-order valence-corrected chi connectivity index (χ0v) is 11.5. The number of imidazole rings is 1. The molecular formula is C17H13N3O. The molecule has 4 nitrogen and oxygen atoms in total. The van der Waals surface area contributed by atoms with Crippen molar-refractivity contribution in [3.63, 3.8) is 0 Å². The molecule has 3 rings (SSSR count). The molecule has 0 saturated carbocycles. The van der Waals surface area contributed by atoms with E-state index in [1.165, 1.54) is 0 Å². The monoisotopic (exact) mass is 275 g/mol. The second kappa shape index (κ2) is 5.51. The highest BCUT2D eigenvalue weighted by molar-refractivity contribution is 5.80. The minimum atomic E-state index is 0.622. The normalized spacial score (nSPS) is 10.9. The zero-order valence-electron chi connectivity index (χ0n) is 11.5. The molecule has 0 bridgehead atoms. The molecule has 0 saturated heterocycles. The molecule has 1 aromatic heterocycles. The summed E-state index contributed by atoms with van der Waals surface area (Å²) < 4.78 is 5.12. The van der Waals surface area contributed by atoms with Gasteiger partial charge in [-0.25, -0.2) is 4.98 Å². The second-order valence-electron chi connectivity index (χ2n) is 4.57. The number of aromatic amines is 1. The topological polar surface area (TPSA) is 61.7 Å². The number of nitrogens with one attached hydrogen (secondary N) is 1. The molecule has 0 aliphatic carbocycles. The van der Waals surface area contributed by atoms with Gasteiger partial charge in [-0.1, -0.05) is 18.2 Å². The number of ether oxygens (including phenoxy) is 1. The van der Waals surface area contributed by atoms with Crippen molar-refractivity contribution in [1.82, 2.24) is 9.97 Å². The van der Waals surface area contributed by atoms with Gasteiger partial charge >= 0.3 is 0 Å². The summed E-state index contributed by atoms with van der Waals surface area (Å²) in [6.07, 6.45) is 3.89. The minimum absolute atomic E-state index is 0.622. The molecular weight excluding hydrogens is 262 g/mol. The van der Waals surface area contributed by atoms with Crippen LogP contribution < -0.4 is 4.74 Å². The van der Waals surface area contributed by atoms with Gasteiger partial charge in [-0.15, -0.1) is 0 Å². The fraction of sp³-hybridized carbons (Fsp3) is 0.0588. The first-order valence-corrected chi connectivity index (χ1v) is 6.50. The molecule has 1 heterocycles. The third-order valence-electron chi connectivity index (χ3n) is 3.18. The number of hydrogen-bond acceptors (Lipinski definition) is 3. The zero-order chi connectivity index (χ0) is 14.7. The van der Waals surface area contributed by atoms with E-state index in [4.69, 9.17) is 10.00 Å². The lowest BCUT2D eigenvalue weighted by molar-refractivity contribution is 0.415. The van der Waals surface area contributed by atoms with Crippen LogP contribution in [0.2, 0.25) is 0 Å². The molecule has 21 heavy (non-hydrogen) atoms. The number of H-pyrrole nitrogens is 1. The van der Waals surface area contributed by atoms with Crippen molar-refractivity contribution in [1.29, 1.82) is 5.26 Å². The minimum Gasteiger partial charge on any atom is -0.497 e. The van der Waals surface area contributed by atoms with E-state index < -0.39 is 0 Å². The Hall–Kier alpha value is -3.06. The fourth-order valence-corrected chi connectivity index (χ4v) is 2.07. The smallest absolute Gasteiger partial charge is 0.131 e. The molecule has 0 radical (unpaired) electrons. The van der Waals surface area contributed by atoms with Crippen LogP contribution in [0.25, 0.3) is 23.2 Å². The summed E-state index contributed by atoms with van der Waals surface area (Å²) in [5.74, 6) is 1.59. The van der Waals surface area contributed by atoms with Crippen LogP contribution in [0.3, 0.4) is 0 Å². The van der Waals surface area contributed by atoms with Crippen LogP contribution >= 0.6 is 0 Å². The Bertz CT molecular complexity index is 839. The Labute approximate surface area is 122 Å². The Morgan fingerprint density at radius 3 is 2.67 bits per heavy atom. The molecule has 4 heteroatoms. The maximum atomic E-state index is 8.89. The molecule has 0 spiro atoms. The fourth-order valence-electron chi connectivity index (χ4n) is 2.07. The Morgan fingerprint density at radius 1 is 1.14 bits per heavy atom. The Balaban J connectivity index is 1.86. The van der Waals surface area contributed by atoms with Gasteiger partial charge in [0.2, 0.25) is 0 Å². The van der Waals surface area contributed by atoms with E-state index in [1.807, 2.05) is 42.5 Å². The van der Waals surface area contributed by atoms with Crippen LogP contribution in [0.4, 0.5) is 0 Å². The summed E-state index contributed by atoms with van der Waals surface area (Å²) in [5, 5.41) is 8.89. The lowest BCUT2D eigenvalue weighted by Crippen LogP contribution is -1.81. The first kappa shape index (κ1) is 12.9. The third kappa shape index (κ3) is 2.77. The van der Waals surface area contributed by atoms with E-state index in [-0.39, 0.29) is 0 Å². The van der Waals surface area contributed by atoms with Crippen molar-refractivity contribution < 1.29 is 4.74 Å². The number of fused-ring (bicyclic) bond motifs is 1. The van der Waals surface area contributed by atoms with Gasteiger partial charge in [0.25, 0.3) is 0 Å². The van der Waals surface area contributed by atoms with Gasteiger partial charge < -0.3 is 9.72 Å². The van der Waals surface area contributed by atoms with Gasteiger partial charge in [-0.05, 0) is 42.0 Å². The van der Waals surface area contributed by atoms with Crippen molar-refractivity contribution in [2.45, 2.75) is 0 Å². The molecule has 3 aromatic rings. The number of benzene rings is 2. The van der Waals surface area contributed by atoms with Crippen LogP contribution in [-0.4, -0.2) is 17.1 Å². The predicted octanol–water partition coefficient (Wildman–Crippen LogP) is 3.61. The molecule has 0 atom stereocenters. The van der Waals surface area contributed by atoms with E-state index in [1.54, 1.807) is 19.2 Å². The molecule has 0 fully saturated rings. The highest BCUT2D eigenvalue weighted by Gasteiger charge is 2.01. The maximum Gasteiger partial charge on any atom is 0.131 e. The number of nitriles is 1. The summed E-state index contributed by atoms with van der Waals surface area (Å²) in [6, 6.07) is 15.3. The van der Waals surface area contributed by atoms with E-state index in [9.17, 15) is 0 Å². The Morgan fingerprint density at radius 2 is 1.95 bits per heavy atom. The molecule has 0 amide bonds. The van der Waals surface area contributed by atoms with Gasteiger partial charge in [-0.2, -0.15) is 5.26 Å². The first-order valence-electron chi connectivity index (χ1n) is 6.50. The van der Waals surface area contributed by atoms with Crippen LogP contribution in [-0.2, 0) is 0 Å². The van der Waals surface area contributed by atoms with E-state index >= 15 is 0 Å². The summed E-state index contributed by atoms with van der Waals surface area (Å²) in [6.45, 7) is 0. The highest BCUT2D eigenvalue weighted by Crippen LogP contribution is 2.16. The average Bonchev–Trinajstić information content (AvgIpc) is 2.95. The van der Waals surface area contributed by atoms with E-state index in [0.29, 0.717) is 5.56 Å². The van der Waals surface area contributed by atoms with E-state index in [0.717, 1.165) is 28.2 Å². The van der Waals surface area contributed by atoms with Gasteiger partial charge in [-0.3, -0.25) is 0 Å². The van der Waals surface area contributed by atoms with Crippen molar-refractivity contribution >= 4 is 23.2 Å². The summed E-state index contributed by atoms with van der Waals surface area (Å²) >= 11 is 0. The van der Waals surface area contributed by atoms with Crippen molar-refractivity contribution in [3.8, 4) is 11.8 Å². The largest absolute Gasteiger partial charge is 0.497 e. The van der Waals surface area contributed by atoms with Crippen LogP contribution in [0.15, 0.2) is 42.5 Å². The van der Waals surface area contributed by atoms with Gasteiger partial charge in [0, 0.05) is 0 Å². The van der Waals surface area contributed by atoms with Crippen LogP contribution in [0.1, 0.15) is 17.0 Å². The SMILES string of the molecule is COc1ccc(C=Cc2nc3ccc(C#N)cc3[nH]2)cc1. The molecule has 1 N–H and O–H groups in total. The number of nitrogens with zero attached hydrogens (tertiary/aromatic N) is 2. The summed E-state index contributed by atoms with van der Waals surface area (Å²) in [4.78, 5) is 7.65. The van der Waals surface area contributed by atoms with Gasteiger partial charge in [0.15, 0.2) is 0 Å².